The Labute approximate surface area is 130 Å². The minimum absolute atomic E-state index is 0.0598. The first-order chi connectivity index (χ1) is 10.4. The van der Waals surface area contributed by atoms with Gasteiger partial charge in [0.25, 0.3) is 0 Å². The molecule has 2 heterocycles. The highest BCUT2D eigenvalue weighted by molar-refractivity contribution is 7.89. The standard InChI is InChI=1S/C14H22N2O5S/c1-9-14(10(2)21-15-9)22(17,18)16-6-7-20-13-5-4-11(19-3)8-12(13)16/h11-13H,4-8H2,1-3H3/t11-,12-,13+/m1/s1. The van der Waals surface area contributed by atoms with Crippen LogP contribution in [-0.4, -0.2) is 56.4 Å². The number of hydrogen-bond acceptors (Lipinski definition) is 6. The molecule has 0 aromatic carbocycles. The second-order valence-corrected chi connectivity index (χ2v) is 7.74. The average Bonchev–Trinajstić information content (AvgIpc) is 2.85. The largest absolute Gasteiger partial charge is 0.381 e. The first-order valence-electron chi connectivity index (χ1n) is 7.54. The second kappa shape index (κ2) is 5.92. The van der Waals surface area contributed by atoms with Crippen LogP contribution in [0, 0.1) is 13.8 Å². The molecule has 8 heteroatoms. The molecule has 1 saturated heterocycles. The van der Waals surface area contributed by atoms with Crippen molar-refractivity contribution in [3.05, 3.63) is 11.5 Å². The van der Waals surface area contributed by atoms with Gasteiger partial charge in [0, 0.05) is 13.7 Å². The van der Waals surface area contributed by atoms with Gasteiger partial charge in [0.2, 0.25) is 10.0 Å². The number of rotatable bonds is 3. The highest BCUT2D eigenvalue weighted by Gasteiger charge is 2.44. The summed E-state index contributed by atoms with van der Waals surface area (Å²) < 4.78 is 43.9. The van der Waals surface area contributed by atoms with E-state index in [0.717, 1.165) is 12.8 Å². The first-order valence-corrected chi connectivity index (χ1v) is 8.98. The van der Waals surface area contributed by atoms with E-state index >= 15 is 0 Å². The summed E-state index contributed by atoms with van der Waals surface area (Å²) in [4.78, 5) is 0.188. The van der Waals surface area contributed by atoms with Gasteiger partial charge >= 0.3 is 0 Å². The number of nitrogens with zero attached hydrogens (tertiary/aromatic N) is 2. The summed E-state index contributed by atoms with van der Waals surface area (Å²) >= 11 is 0. The number of fused-ring (bicyclic) bond motifs is 1. The molecule has 3 rings (SSSR count). The lowest BCUT2D eigenvalue weighted by Gasteiger charge is -2.44. The van der Waals surface area contributed by atoms with E-state index in [4.69, 9.17) is 14.0 Å². The van der Waals surface area contributed by atoms with Crippen molar-refractivity contribution in [1.82, 2.24) is 9.46 Å². The molecule has 124 valence electrons. The zero-order chi connectivity index (χ0) is 15.9. The van der Waals surface area contributed by atoms with E-state index in [2.05, 4.69) is 5.16 Å². The van der Waals surface area contributed by atoms with Gasteiger partial charge in [0.15, 0.2) is 5.76 Å². The van der Waals surface area contributed by atoms with Crippen molar-refractivity contribution in [2.24, 2.45) is 0 Å². The molecule has 1 aliphatic carbocycles. The van der Waals surface area contributed by atoms with Crippen LogP contribution in [0.1, 0.15) is 30.7 Å². The van der Waals surface area contributed by atoms with Crippen molar-refractivity contribution in [3.8, 4) is 0 Å². The Kier molecular flexibility index (Phi) is 4.28. The van der Waals surface area contributed by atoms with Gasteiger partial charge < -0.3 is 14.0 Å². The topological polar surface area (TPSA) is 81.9 Å². The third-order valence-electron chi connectivity index (χ3n) is 4.59. The minimum atomic E-state index is -3.64. The number of ether oxygens (including phenoxy) is 2. The van der Waals surface area contributed by atoms with Crippen molar-refractivity contribution in [3.63, 3.8) is 0 Å². The Bertz CT molecular complexity index is 622. The molecule has 0 bridgehead atoms. The zero-order valence-electron chi connectivity index (χ0n) is 13.1. The molecule has 1 aromatic heterocycles. The predicted octanol–water partition coefficient (Wildman–Crippen LogP) is 1.25. The van der Waals surface area contributed by atoms with Crippen molar-refractivity contribution >= 4 is 10.0 Å². The maximum absolute atomic E-state index is 13.1. The summed E-state index contributed by atoms with van der Waals surface area (Å²) in [6, 6.07) is -0.189. The lowest BCUT2D eigenvalue weighted by atomic mass is 9.89. The summed E-state index contributed by atoms with van der Waals surface area (Å²) in [5.74, 6) is 0.333. The number of morpholine rings is 1. The van der Waals surface area contributed by atoms with Crippen LogP contribution in [0.4, 0.5) is 0 Å². The fourth-order valence-electron chi connectivity index (χ4n) is 3.51. The molecule has 0 N–H and O–H groups in total. The summed E-state index contributed by atoms with van der Waals surface area (Å²) in [6.07, 6.45) is 2.39. The van der Waals surface area contributed by atoms with E-state index in [1.807, 2.05) is 0 Å². The summed E-state index contributed by atoms with van der Waals surface area (Å²) in [5.41, 5.74) is 0.402. The van der Waals surface area contributed by atoms with Crippen LogP contribution >= 0.6 is 0 Å². The number of aromatic nitrogens is 1. The average molecular weight is 330 g/mol. The van der Waals surface area contributed by atoms with Gasteiger partial charge in [-0.05, 0) is 33.1 Å². The number of methoxy groups -OCH3 is 1. The van der Waals surface area contributed by atoms with E-state index in [-0.39, 0.29) is 23.1 Å². The summed E-state index contributed by atoms with van der Waals surface area (Å²) in [5, 5.41) is 3.78. The molecule has 0 unspecified atom stereocenters. The lowest BCUT2D eigenvalue weighted by Crippen LogP contribution is -2.56. The Hall–Kier alpha value is -0.960. The monoisotopic (exact) mass is 330 g/mol. The Morgan fingerprint density at radius 1 is 1.32 bits per heavy atom. The summed E-state index contributed by atoms with van der Waals surface area (Å²) in [7, 11) is -1.97. The number of sulfonamides is 1. The summed E-state index contributed by atoms with van der Waals surface area (Å²) in [6.45, 7) is 4.05. The van der Waals surface area contributed by atoms with Crippen molar-refractivity contribution in [1.29, 1.82) is 0 Å². The molecule has 0 spiro atoms. The highest BCUT2D eigenvalue weighted by Crippen LogP contribution is 2.34. The van der Waals surface area contributed by atoms with E-state index in [1.54, 1.807) is 25.3 Å². The van der Waals surface area contributed by atoms with Gasteiger partial charge in [0.1, 0.15) is 10.6 Å². The Morgan fingerprint density at radius 2 is 2.09 bits per heavy atom. The van der Waals surface area contributed by atoms with Crippen LogP contribution in [0.5, 0.6) is 0 Å². The lowest BCUT2D eigenvalue weighted by molar-refractivity contribution is -0.0883. The zero-order valence-corrected chi connectivity index (χ0v) is 13.9. The molecule has 2 aliphatic rings. The van der Waals surface area contributed by atoms with Crippen molar-refractivity contribution < 1.29 is 22.4 Å². The van der Waals surface area contributed by atoms with Crippen molar-refractivity contribution in [2.45, 2.75) is 56.3 Å². The van der Waals surface area contributed by atoms with Crippen LogP contribution < -0.4 is 0 Å². The third kappa shape index (κ3) is 2.58. The van der Waals surface area contributed by atoms with Crippen molar-refractivity contribution in [2.75, 3.05) is 20.3 Å². The molecule has 1 aliphatic heterocycles. The van der Waals surface area contributed by atoms with E-state index in [1.165, 1.54) is 0 Å². The van der Waals surface area contributed by atoms with E-state index < -0.39 is 10.0 Å². The van der Waals surface area contributed by atoms with Crippen LogP contribution in [0.3, 0.4) is 0 Å². The smallest absolute Gasteiger partial charge is 0.248 e. The van der Waals surface area contributed by atoms with E-state index in [0.29, 0.717) is 31.0 Å². The number of hydrogen-bond donors (Lipinski definition) is 0. The molecule has 3 atom stereocenters. The Morgan fingerprint density at radius 3 is 2.73 bits per heavy atom. The van der Waals surface area contributed by atoms with Gasteiger partial charge in [-0.25, -0.2) is 8.42 Å². The maximum Gasteiger partial charge on any atom is 0.248 e. The molecule has 0 radical (unpaired) electrons. The normalized spacial score (nSPS) is 30.2. The maximum atomic E-state index is 13.1. The van der Waals surface area contributed by atoms with Gasteiger partial charge in [0.05, 0.1) is 24.9 Å². The Balaban J connectivity index is 1.95. The van der Waals surface area contributed by atoms with Crippen LogP contribution in [0.25, 0.3) is 0 Å². The molecule has 7 nitrogen and oxygen atoms in total. The van der Waals surface area contributed by atoms with Gasteiger partial charge in [-0.1, -0.05) is 5.16 Å². The SMILES string of the molecule is CO[C@@H]1CC[C@@H]2OCCN(S(=O)(=O)c3c(C)noc3C)[C@@H]2C1. The van der Waals surface area contributed by atoms with Crippen LogP contribution in [0.2, 0.25) is 0 Å². The third-order valence-corrected chi connectivity index (χ3v) is 6.76. The van der Waals surface area contributed by atoms with Gasteiger partial charge in [-0.3, -0.25) is 0 Å². The van der Waals surface area contributed by atoms with Gasteiger partial charge in [-0.2, -0.15) is 4.31 Å². The van der Waals surface area contributed by atoms with Gasteiger partial charge in [-0.15, -0.1) is 0 Å². The quantitative estimate of drug-likeness (QED) is 0.829. The molecular formula is C14H22N2O5S. The van der Waals surface area contributed by atoms with Crippen LogP contribution in [-0.2, 0) is 19.5 Å². The molecule has 22 heavy (non-hydrogen) atoms. The molecule has 0 amide bonds. The molecule has 1 saturated carbocycles. The second-order valence-electron chi connectivity index (χ2n) is 5.92. The highest BCUT2D eigenvalue weighted by atomic mass is 32.2. The van der Waals surface area contributed by atoms with Crippen LogP contribution in [0.15, 0.2) is 9.42 Å². The number of aryl methyl sites for hydroxylation is 2. The fourth-order valence-corrected chi connectivity index (χ4v) is 5.45. The molecule has 1 aromatic rings. The fraction of sp³-hybridized carbons (Fsp3) is 0.786. The molecule has 2 fully saturated rings. The van der Waals surface area contributed by atoms with E-state index in [9.17, 15) is 8.42 Å². The molecular weight excluding hydrogens is 308 g/mol. The predicted molar refractivity (Wildman–Crippen MR) is 78.0 cm³/mol. The minimum Gasteiger partial charge on any atom is -0.381 e. The first kappa shape index (κ1) is 15.9.